The molecule has 1 nitrogen and oxygen atoms in total. The van der Waals surface area contributed by atoms with Crippen molar-refractivity contribution in [2.75, 3.05) is 4.90 Å². The molecule has 0 saturated carbocycles. The molecule has 0 aliphatic heterocycles. The van der Waals surface area contributed by atoms with Crippen molar-refractivity contribution in [2.45, 2.75) is 0 Å². The summed E-state index contributed by atoms with van der Waals surface area (Å²) in [4.78, 5) is 2.45. The molecule has 0 spiro atoms. The highest BCUT2D eigenvalue weighted by atomic mass is 32.1. The Morgan fingerprint density at radius 3 is 1.88 bits per heavy atom. The molecular formula is C46H29NS2. The molecule has 0 radical (unpaired) electrons. The maximum absolute atomic E-state index is 2.45. The highest BCUT2D eigenvalue weighted by molar-refractivity contribution is 7.26. The molecule has 230 valence electrons. The van der Waals surface area contributed by atoms with Gasteiger partial charge in [-0.1, -0.05) is 127 Å². The van der Waals surface area contributed by atoms with Crippen molar-refractivity contribution >= 4 is 90.9 Å². The van der Waals surface area contributed by atoms with Crippen molar-refractivity contribution in [1.29, 1.82) is 0 Å². The van der Waals surface area contributed by atoms with Crippen LogP contribution in [0.4, 0.5) is 17.1 Å². The van der Waals surface area contributed by atoms with Gasteiger partial charge in [0.15, 0.2) is 0 Å². The summed E-state index contributed by atoms with van der Waals surface area (Å²) >= 11 is 3.75. The van der Waals surface area contributed by atoms with E-state index in [1.807, 2.05) is 22.7 Å². The smallest absolute Gasteiger partial charge is 0.0540 e. The minimum absolute atomic E-state index is 1.13. The average molecular weight is 660 g/mol. The van der Waals surface area contributed by atoms with E-state index in [2.05, 4.69) is 181 Å². The van der Waals surface area contributed by atoms with Crippen LogP contribution in [0.25, 0.3) is 73.4 Å². The van der Waals surface area contributed by atoms with Crippen LogP contribution in [0.2, 0.25) is 0 Å². The first-order valence-electron chi connectivity index (χ1n) is 16.6. The van der Waals surface area contributed by atoms with Crippen molar-refractivity contribution in [1.82, 2.24) is 0 Å². The first-order valence-corrected chi connectivity index (χ1v) is 18.2. The van der Waals surface area contributed by atoms with E-state index in [1.54, 1.807) is 0 Å². The van der Waals surface area contributed by atoms with Gasteiger partial charge >= 0.3 is 0 Å². The van der Waals surface area contributed by atoms with Gasteiger partial charge in [0.05, 0.1) is 5.69 Å². The van der Waals surface area contributed by atoms with Crippen LogP contribution in [-0.2, 0) is 0 Å². The molecule has 0 atom stereocenters. The summed E-state index contributed by atoms with van der Waals surface area (Å²) in [5.74, 6) is 0. The second-order valence-corrected chi connectivity index (χ2v) is 14.7. The predicted octanol–water partition coefficient (Wildman–Crippen LogP) is 14.4. The minimum Gasteiger partial charge on any atom is -0.310 e. The van der Waals surface area contributed by atoms with Crippen LogP contribution < -0.4 is 4.90 Å². The molecule has 2 aromatic heterocycles. The molecule has 10 aromatic rings. The van der Waals surface area contributed by atoms with E-state index in [9.17, 15) is 0 Å². The van der Waals surface area contributed by atoms with Gasteiger partial charge in [-0.25, -0.2) is 0 Å². The Hall–Kier alpha value is -5.74. The lowest BCUT2D eigenvalue weighted by atomic mass is 9.98. The summed E-state index contributed by atoms with van der Waals surface area (Å²) in [6.45, 7) is 0. The summed E-state index contributed by atoms with van der Waals surface area (Å²) in [5.41, 5.74) is 8.30. The molecule has 0 unspecified atom stereocenters. The second-order valence-electron chi connectivity index (χ2n) is 12.5. The topological polar surface area (TPSA) is 3.24 Å². The van der Waals surface area contributed by atoms with Gasteiger partial charge in [-0.15, -0.1) is 22.7 Å². The molecule has 0 amide bonds. The molecule has 2 heterocycles. The van der Waals surface area contributed by atoms with E-state index in [1.165, 1.54) is 73.4 Å². The molecule has 8 aromatic carbocycles. The van der Waals surface area contributed by atoms with Crippen LogP contribution in [0, 0.1) is 0 Å². The summed E-state index contributed by atoms with van der Waals surface area (Å²) < 4.78 is 5.26. The third kappa shape index (κ3) is 4.74. The number of benzene rings is 8. The van der Waals surface area contributed by atoms with Crippen LogP contribution in [0.1, 0.15) is 0 Å². The van der Waals surface area contributed by atoms with Crippen LogP contribution in [0.15, 0.2) is 176 Å². The largest absolute Gasteiger partial charge is 0.310 e. The number of para-hydroxylation sites is 1. The normalized spacial score (nSPS) is 11.7. The first kappa shape index (κ1) is 28.3. The third-order valence-corrected chi connectivity index (χ3v) is 12.0. The maximum Gasteiger partial charge on any atom is 0.0540 e. The molecule has 0 aliphatic carbocycles. The molecule has 0 bridgehead atoms. The van der Waals surface area contributed by atoms with Gasteiger partial charge in [0.2, 0.25) is 0 Å². The lowest BCUT2D eigenvalue weighted by Gasteiger charge is -2.28. The highest BCUT2D eigenvalue weighted by Gasteiger charge is 2.20. The Morgan fingerprint density at radius 1 is 0.347 bits per heavy atom. The van der Waals surface area contributed by atoms with E-state index in [4.69, 9.17) is 0 Å². The second kappa shape index (κ2) is 11.5. The van der Waals surface area contributed by atoms with Gasteiger partial charge in [0, 0.05) is 57.3 Å². The number of anilines is 3. The Morgan fingerprint density at radius 2 is 0.980 bits per heavy atom. The fraction of sp³-hybridized carbons (Fsp3) is 0. The molecule has 0 aliphatic rings. The molecule has 10 rings (SSSR count). The lowest BCUT2D eigenvalue weighted by Crippen LogP contribution is -2.11. The zero-order valence-corrected chi connectivity index (χ0v) is 28.1. The van der Waals surface area contributed by atoms with E-state index in [-0.39, 0.29) is 0 Å². The van der Waals surface area contributed by atoms with Crippen molar-refractivity contribution in [3.8, 4) is 22.3 Å². The first-order chi connectivity index (χ1) is 24.3. The third-order valence-electron chi connectivity index (χ3n) is 9.65. The van der Waals surface area contributed by atoms with Gasteiger partial charge in [-0.3, -0.25) is 0 Å². The number of hydrogen-bond acceptors (Lipinski definition) is 3. The molecule has 0 N–H and O–H groups in total. The predicted molar refractivity (Wildman–Crippen MR) is 215 cm³/mol. The average Bonchev–Trinajstić information content (AvgIpc) is 3.73. The Balaban J connectivity index is 1.20. The summed E-state index contributed by atoms with van der Waals surface area (Å²) in [6.07, 6.45) is 0. The van der Waals surface area contributed by atoms with Crippen LogP contribution in [-0.4, -0.2) is 0 Å². The maximum atomic E-state index is 2.45. The van der Waals surface area contributed by atoms with Gasteiger partial charge in [-0.05, 0) is 76.0 Å². The van der Waals surface area contributed by atoms with Crippen LogP contribution in [0.5, 0.6) is 0 Å². The zero-order valence-electron chi connectivity index (χ0n) is 26.5. The fourth-order valence-electron chi connectivity index (χ4n) is 7.34. The minimum atomic E-state index is 1.13. The van der Waals surface area contributed by atoms with E-state index < -0.39 is 0 Å². The number of fused-ring (bicyclic) bond motifs is 7. The van der Waals surface area contributed by atoms with E-state index in [0.717, 1.165) is 17.1 Å². The van der Waals surface area contributed by atoms with E-state index >= 15 is 0 Å². The van der Waals surface area contributed by atoms with E-state index in [0.29, 0.717) is 0 Å². The van der Waals surface area contributed by atoms with Gasteiger partial charge in [0.1, 0.15) is 0 Å². The van der Waals surface area contributed by atoms with Gasteiger partial charge < -0.3 is 4.90 Å². The summed E-state index contributed by atoms with van der Waals surface area (Å²) in [5, 5.41) is 7.75. The molecule has 49 heavy (non-hydrogen) atoms. The van der Waals surface area contributed by atoms with Gasteiger partial charge in [0.25, 0.3) is 0 Å². The van der Waals surface area contributed by atoms with Crippen LogP contribution >= 0.6 is 22.7 Å². The van der Waals surface area contributed by atoms with Crippen molar-refractivity contribution < 1.29 is 0 Å². The summed E-state index contributed by atoms with van der Waals surface area (Å²) in [6, 6.07) is 64.5. The van der Waals surface area contributed by atoms with Crippen molar-refractivity contribution in [3.05, 3.63) is 176 Å². The monoisotopic (exact) mass is 659 g/mol. The number of rotatable bonds is 5. The summed E-state index contributed by atoms with van der Waals surface area (Å²) in [7, 11) is 0. The molecule has 3 heteroatoms. The SMILES string of the molecule is c1cc(-c2cccc3c2sc2ccccc23)cc(N(c2ccc3c(c2)sc2ccccc23)c2ccccc2-c2ccc3ccccc3c2)c1. The number of nitrogens with zero attached hydrogens (tertiary/aromatic N) is 1. The van der Waals surface area contributed by atoms with Crippen molar-refractivity contribution in [3.63, 3.8) is 0 Å². The Bertz CT molecular complexity index is 2860. The standard InChI is InChI=1S/C46H29NS2/c1-2-12-31-27-33(24-23-30(31)11-1)36-15-3-6-20-42(36)47(35-25-26-40-38-16-4-7-21-43(38)48-45(40)29-35)34-14-9-13-32(28-34)37-18-10-19-41-39-17-5-8-22-44(39)49-46(37)41/h1-29H. The lowest BCUT2D eigenvalue weighted by molar-refractivity contribution is 1.29. The number of thiophene rings is 2. The zero-order chi connectivity index (χ0) is 32.3. The highest BCUT2D eigenvalue weighted by Crippen LogP contribution is 2.46. The molecular weight excluding hydrogens is 631 g/mol. The Labute approximate surface area is 292 Å². The quantitative estimate of drug-likeness (QED) is 0.178. The Kier molecular flexibility index (Phi) is 6.61. The molecule has 0 saturated heterocycles. The number of hydrogen-bond donors (Lipinski definition) is 0. The van der Waals surface area contributed by atoms with Crippen LogP contribution in [0.3, 0.4) is 0 Å². The van der Waals surface area contributed by atoms with Crippen molar-refractivity contribution in [2.24, 2.45) is 0 Å². The fourth-order valence-corrected chi connectivity index (χ4v) is 9.71. The molecule has 0 fully saturated rings. The van der Waals surface area contributed by atoms with Gasteiger partial charge in [-0.2, -0.15) is 0 Å².